The van der Waals surface area contributed by atoms with Crippen molar-refractivity contribution in [3.05, 3.63) is 71.8 Å². The van der Waals surface area contributed by atoms with Gasteiger partial charge in [-0.2, -0.15) is 0 Å². The van der Waals surface area contributed by atoms with Gasteiger partial charge in [0.25, 0.3) is 5.78 Å². The molecule has 2 N–H and O–H groups in total. The van der Waals surface area contributed by atoms with E-state index < -0.39 is 54.4 Å². The molecular formula is C30H39N3O7S. The number of aryl methyl sites for hydroxylation is 1. The normalized spacial score (nSPS) is 14.9. The lowest BCUT2D eigenvalue weighted by Gasteiger charge is -2.29. The van der Waals surface area contributed by atoms with Crippen LogP contribution in [-0.4, -0.2) is 70.9 Å². The Balaban J connectivity index is 0.000000729. The van der Waals surface area contributed by atoms with Crippen molar-refractivity contribution in [3.8, 4) is 0 Å². The van der Waals surface area contributed by atoms with Gasteiger partial charge >= 0.3 is 12.1 Å². The van der Waals surface area contributed by atoms with Crippen molar-refractivity contribution in [2.45, 2.75) is 59.4 Å². The average molecular weight is 586 g/mol. The van der Waals surface area contributed by atoms with Crippen LogP contribution in [0.1, 0.15) is 38.8 Å². The van der Waals surface area contributed by atoms with Crippen molar-refractivity contribution in [2.24, 2.45) is 5.92 Å². The molecule has 222 valence electrons. The summed E-state index contributed by atoms with van der Waals surface area (Å²) in [6.07, 6.45) is -1.19. The van der Waals surface area contributed by atoms with Crippen LogP contribution in [0.25, 0.3) is 0 Å². The maximum atomic E-state index is 13.2. The first-order chi connectivity index (χ1) is 19.5. The van der Waals surface area contributed by atoms with Crippen molar-refractivity contribution in [3.63, 3.8) is 0 Å². The number of carbonyl (C=O) groups excluding carboxylic acids is 5. The minimum absolute atomic E-state index is 0.0591. The highest BCUT2D eigenvalue weighted by molar-refractivity contribution is 7.99. The highest BCUT2D eigenvalue weighted by Gasteiger charge is 2.39. The zero-order chi connectivity index (χ0) is 30.4. The van der Waals surface area contributed by atoms with E-state index >= 15 is 0 Å². The fraction of sp³-hybridized carbons (Fsp3) is 0.433. The summed E-state index contributed by atoms with van der Waals surface area (Å²) in [6.45, 7) is 8.39. The number of benzene rings is 2. The molecule has 3 amide bonds. The number of rotatable bonds is 10. The van der Waals surface area contributed by atoms with Gasteiger partial charge in [0.15, 0.2) is 0 Å². The molecule has 2 aromatic carbocycles. The van der Waals surface area contributed by atoms with E-state index in [0.717, 1.165) is 5.56 Å². The number of carbonyl (C=O) groups is 5. The smallest absolute Gasteiger partial charge is 0.408 e. The van der Waals surface area contributed by atoms with Crippen LogP contribution >= 0.6 is 11.8 Å². The van der Waals surface area contributed by atoms with E-state index in [2.05, 4.69) is 29.7 Å². The van der Waals surface area contributed by atoms with Crippen LogP contribution in [-0.2, 0) is 35.3 Å². The van der Waals surface area contributed by atoms with Crippen LogP contribution in [0.2, 0.25) is 0 Å². The minimum atomic E-state index is -1.03. The van der Waals surface area contributed by atoms with E-state index in [-0.39, 0.29) is 18.4 Å². The van der Waals surface area contributed by atoms with Crippen molar-refractivity contribution < 1.29 is 33.4 Å². The van der Waals surface area contributed by atoms with Gasteiger partial charge in [0.1, 0.15) is 18.7 Å². The molecule has 0 radical (unpaired) electrons. The molecule has 2 aromatic rings. The predicted molar refractivity (Wildman–Crippen MR) is 157 cm³/mol. The SMILES string of the molecule is CC(C)OC(=O)C(=O)CNC(=O)[C@@H]1CSCN1C(=O)C(NC(=O)OCc1ccccc1)C(C)C.Cc1ccccc1. The van der Waals surface area contributed by atoms with Crippen molar-refractivity contribution in [1.29, 1.82) is 0 Å². The third kappa shape index (κ3) is 11.6. The Kier molecular flexibility index (Phi) is 13.9. The van der Waals surface area contributed by atoms with Gasteiger partial charge < -0.3 is 25.0 Å². The average Bonchev–Trinajstić information content (AvgIpc) is 3.44. The van der Waals surface area contributed by atoms with Crippen LogP contribution in [0.3, 0.4) is 0 Å². The molecule has 0 spiro atoms. The number of hydrogen-bond donors (Lipinski definition) is 2. The summed E-state index contributed by atoms with van der Waals surface area (Å²) >= 11 is 1.38. The molecule has 3 rings (SSSR count). The molecule has 0 aromatic heterocycles. The number of esters is 1. The van der Waals surface area contributed by atoms with Crippen LogP contribution in [0.15, 0.2) is 60.7 Å². The van der Waals surface area contributed by atoms with Crippen LogP contribution in [0.4, 0.5) is 4.79 Å². The van der Waals surface area contributed by atoms with E-state index in [1.807, 2.05) is 48.5 Å². The first-order valence-electron chi connectivity index (χ1n) is 13.4. The maximum Gasteiger partial charge on any atom is 0.408 e. The second-order valence-electron chi connectivity index (χ2n) is 10.0. The minimum Gasteiger partial charge on any atom is -0.457 e. The fourth-order valence-corrected chi connectivity index (χ4v) is 4.80. The largest absolute Gasteiger partial charge is 0.457 e. The molecule has 1 saturated heterocycles. The third-order valence-corrected chi connectivity index (χ3v) is 6.83. The van der Waals surface area contributed by atoms with Gasteiger partial charge in [-0.1, -0.05) is 80.1 Å². The van der Waals surface area contributed by atoms with Crippen molar-refractivity contribution in [1.82, 2.24) is 15.5 Å². The van der Waals surface area contributed by atoms with Gasteiger partial charge in [0, 0.05) is 5.75 Å². The summed E-state index contributed by atoms with van der Waals surface area (Å²) < 4.78 is 10.0. The number of nitrogens with zero attached hydrogens (tertiary/aromatic N) is 1. The van der Waals surface area contributed by atoms with Gasteiger partial charge in [-0.05, 0) is 32.3 Å². The topological polar surface area (TPSA) is 131 Å². The molecule has 11 heteroatoms. The number of hydrogen-bond acceptors (Lipinski definition) is 8. The number of ketones is 1. The van der Waals surface area contributed by atoms with Gasteiger partial charge in [0.2, 0.25) is 11.8 Å². The molecule has 2 atom stereocenters. The molecule has 10 nitrogen and oxygen atoms in total. The molecular weight excluding hydrogens is 546 g/mol. The Morgan fingerprint density at radius 2 is 1.56 bits per heavy atom. The van der Waals surface area contributed by atoms with E-state index in [0.29, 0.717) is 5.75 Å². The van der Waals surface area contributed by atoms with Crippen LogP contribution in [0.5, 0.6) is 0 Å². The first kappa shape index (κ1) is 33.3. The van der Waals surface area contributed by atoms with Gasteiger partial charge in [-0.15, -0.1) is 11.8 Å². The van der Waals surface area contributed by atoms with Gasteiger partial charge in [0.05, 0.1) is 18.5 Å². The fourth-order valence-electron chi connectivity index (χ4n) is 3.63. The lowest BCUT2D eigenvalue weighted by molar-refractivity contribution is -0.156. The lowest BCUT2D eigenvalue weighted by Crippen LogP contribution is -2.56. The standard InChI is InChI=1S/C23H31N3O7S.C7H8/c1-14(2)19(25-23(31)32-11-16-8-6-5-7-9-16)21(29)26-13-34-12-17(26)20(28)24-10-18(27)22(30)33-15(3)4;1-7-5-3-2-4-6-7/h5-9,14-15,17,19H,10-13H2,1-4H3,(H,24,28)(H,25,31);2-6H,1H3/t17-,19?;/m0./s1. The Morgan fingerprint density at radius 3 is 2.10 bits per heavy atom. The number of amides is 3. The monoisotopic (exact) mass is 585 g/mol. The quantitative estimate of drug-likeness (QED) is 0.320. The molecule has 1 heterocycles. The predicted octanol–water partition coefficient (Wildman–Crippen LogP) is 3.47. The van der Waals surface area contributed by atoms with E-state index in [1.165, 1.54) is 22.2 Å². The molecule has 41 heavy (non-hydrogen) atoms. The third-order valence-electron chi connectivity index (χ3n) is 5.82. The van der Waals surface area contributed by atoms with Crippen LogP contribution < -0.4 is 10.6 Å². The number of Topliss-reactive ketones (excluding diaryl/α,β-unsaturated/α-hetero) is 1. The zero-order valence-electron chi connectivity index (χ0n) is 24.1. The summed E-state index contributed by atoms with van der Waals surface area (Å²) in [5.74, 6) is -2.58. The highest BCUT2D eigenvalue weighted by atomic mass is 32.2. The number of thioether (sulfide) groups is 1. The number of nitrogens with one attached hydrogen (secondary N) is 2. The summed E-state index contributed by atoms with van der Waals surface area (Å²) in [5.41, 5.74) is 2.13. The second-order valence-corrected chi connectivity index (χ2v) is 11.0. The molecule has 1 fully saturated rings. The maximum absolute atomic E-state index is 13.2. The van der Waals surface area contributed by atoms with Crippen molar-refractivity contribution in [2.75, 3.05) is 18.2 Å². The molecule has 1 aliphatic rings. The summed E-state index contributed by atoms with van der Waals surface area (Å²) in [6, 6.07) is 17.7. The molecule has 0 bridgehead atoms. The zero-order valence-corrected chi connectivity index (χ0v) is 24.9. The number of alkyl carbamates (subject to hydrolysis) is 1. The highest BCUT2D eigenvalue weighted by Crippen LogP contribution is 2.23. The Labute approximate surface area is 245 Å². The molecule has 0 aliphatic carbocycles. The second kappa shape index (κ2) is 17.1. The number of ether oxygens (including phenoxy) is 2. The van der Waals surface area contributed by atoms with Gasteiger partial charge in [-0.3, -0.25) is 14.4 Å². The molecule has 1 unspecified atom stereocenters. The van der Waals surface area contributed by atoms with E-state index in [4.69, 9.17) is 9.47 Å². The Morgan fingerprint density at radius 1 is 0.951 bits per heavy atom. The van der Waals surface area contributed by atoms with Crippen molar-refractivity contribution >= 4 is 41.4 Å². The van der Waals surface area contributed by atoms with Crippen LogP contribution in [0, 0.1) is 12.8 Å². The first-order valence-corrected chi connectivity index (χ1v) is 14.5. The van der Waals surface area contributed by atoms with Gasteiger partial charge in [-0.25, -0.2) is 9.59 Å². The Hall–Kier alpha value is -3.86. The Bertz CT molecular complexity index is 1160. The summed E-state index contributed by atoms with van der Waals surface area (Å²) in [7, 11) is 0. The molecule has 0 saturated carbocycles. The van der Waals surface area contributed by atoms with E-state index in [9.17, 15) is 24.0 Å². The summed E-state index contributed by atoms with van der Waals surface area (Å²) in [4.78, 5) is 63.0. The lowest BCUT2D eigenvalue weighted by atomic mass is 10.0. The summed E-state index contributed by atoms with van der Waals surface area (Å²) in [5, 5.41) is 5.00. The van der Waals surface area contributed by atoms with E-state index in [1.54, 1.807) is 27.7 Å². The molecule has 1 aliphatic heterocycles.